The highest BCUT2D eigenvalue weighted by atomic mass is 16.1. The second-order valence-electron chi connectivity index (χ2n) is 7.20. The maximum Gasteiger partial charge on any atom is 0.269 e. The molecule has 0 saturated carbocycles. The van der Waals surface area contributed by atoms with E-state index in [4.69, 9.17) is 0 Å². The van der Waals surface area contributed by atoms with Gasteiger partial charge in [0.15, 0.2) is 0 Å². The van der Waals surface area contributed by atoms with Crippen molar-refractivity contribution in [2.45, 2.75) is 46.0 Å². The summed E-state index contributed by atoms with van der Waals surface area (Å²) in [5.41, 5.74) is 4.21. The maximum absolute atomic E-state index is 12.4. The first-order valence-corrected chi connectivity index (χ1v) is 9.63. The van der Waals surface area contributed by atoms with Crippen LogP contribution in [-0.2, 0) is 7.05 Å². The van der Waals surface area contributed by atoms with Gasteiger partial charge in [0.25, 0.3) is 5.91 Å². The fraction of sp³-hybridized carbons (Fsp3) is 0.632. The Balaban J connectivity index is 1.50. The van der Waals surface area contributed by atoms with Crippen molar-refractivity contribution < 1.29 is 4.79 Å². The van der Waals surface area contributed by atoms with Crippen molar-refractivity contribution in [2.24, 2.45) is 7.05 Å². The van der Waals surface area contributed by atoms with Crippen LogP contribution >= 0.6 is 0 Å². The number of carbonyl (C=O) groups excluding carboxylic acids is 1. The minimum atomic E-state index is -0.0983. The second kappa shape index (κ2) is 8.49. The average molecular weight is 358 g/mol. The molecule has 1 aliphatic rings. The highest BCUT2D eigenvalue weighted by Crippen LogP contribution is 2.25. The van der Waals surface area contributed by atoms with Gasteiger partial charge in [-0.15, -0.1) is 0 Å². The number of likely N-dealkylation sites (tertiary alicyclic amines) is 1. The number of H-pyrrole nitrogens is 1. The summed E-state index contributed by atoms with van der Waals surface area (Å²) >= 11 is 0. The van der Waals surface area contributed by atoms with E-state index in [1.807, 2.05) is 25.6 Å². The van der Waals surface area contributed by atoms with Gasteiger partial charge in [-0.2, -0.15) is 10.2 Å². The van der Waals surface area contributed by atoms with E-state index in [0.29, 0.717) is 12.2 Å². The molecule has 2 aromatic rings. The number of nitrogens with one attached hydrogen (secondary N) is 2. The van der Waals surface area contributed by atoms with E-state index >= 15 is 0 Å². The van der Waals surface area contributed by atoms with Gasteiger partial charge in [-0.05, 0) is 58.8 Å². The third-order valence-corrected chi connectivity index (χ3v) is 5.22. The summed E-state index contributed by atoms with van der Waals surface area (Å²) < 4.78 is 1.84. The van der Waals surface area contributed by atoms with E-state index in [-0.39, 0.29) is 5.91 Å². The monoisotopic (exact) mass is 358 g/mol. The van der Waals surface area contributed by atoms with Crippen LogP contribution in [0.4, 0.5) is 0 Å². The number of aromatic nitrogens is 4. The molecule has 142 valence electrons. The topological polar surface area (TPSA) is 78.8 Å². The van der Waals surface area contributed by atoms with Crippen LogP contribution < -0.4 is 5.32 Å². The van der Waals surface area contributed by atoms with Crippen LogP contribution in [0.5, 0.6) is 0 Å². The van der Waals surface area contributed by atoms with Crippen molar-refractivity contribution in [2.75, 3.05) is 26.2 Å². The van der Waals surface area contributed by atoms with Crippen molar-refractivity contribution in [1.82, 2.24) is 30.2 Å². The molecule has 0 aromatic carbocycles. The number of nitrogens with zero attached hydrogens (tertiary/aromatic N) is 4. The fourth-order valence-electron chi connectivity index (χ4n) is 3.67. The van der Waals surface area contributed by atoms with Gasteiger partial charge in [0.2, 0.25) is 0 Å². The van der Waals surface area contributed by atoms with Gasteiger partial charge in [0, 0.05) is 24.8 Å². The third-order valence-electron chi connectivity index (χ3n) is 5.22. The van der Waals surface area contributed by atoms with Gasteiger partial charge < -0.3 is 10.2 Å². The molecule has 1 fully saturated rings. The molecule has 1 aliphatic heterocycles. The van der Waals surface area contributed by atoms with Crippen molar-refractivity contribution in [1.29, 1.82) is 0 Å². The molecule has 0 spiro atoms. The highest BCUT2D eigenvalue weighted by Gasteiger charge is 2.17. The quantitative estimate of drug-likeness (QED) is 0.778. The summed E-state index contributed by atoms with van der Waals surface area (Å²) in [6, 6.07) is 1.81. The number of rotatable bonds is 6. The van der Waals surface area contributed by atoms with Gasteiger partial charge >= 0.3 is 0 Å². The molecule has 1 saturated heterocycles. The second-order valence-corrected chi connectivity index (χ2v) is 7.20. The van der Waals surface area contributed by atoms with E-state index < -0.39 is 0 Å². The Hall–Kier alpha value is -2.15. The van der Waals surface area contributed by atoms with Crippen molar-refractivity contribution in [3.8, 4) is 11.3 Å². The molecule has 7 nitrogen and oxygen atoms in total. The van der Waals surface area contributed by atoms with E-state index in [2.05, 4.69) is 25.5 Å². The van der Waals surface area contributed by atoms with E-state index in [1.54, 1.807) is 6.07 Å². The Labute approximate surface area is 155 Å². The molecule has 0 unspecified atom stereocenters. The number of hydrogen-bond acceptors (Lipinski definition) is 4. The Kier molecular flexibility index (Phi) is 6.08. The molecule has 1 amide bonds. The Bertz CT molecular complexity index is 739. The molecular weight excluding hydrogens is 328 g/mol. The molecule has 0 radical (unpaired) electrons. The number of hydrogen-bond donors (Lipinski definition) is 2. The first kappa shape index (κ1) is 18.6. The van der Waals surface area contributed by atoms with E-state index in [9.17, 15) is 4.79 Å². The predicted molar refractivity (Wildman–Crippen MR) is 102 cm³/mol. The summed E-state index contributed by atoms with van der Waals surface area (Å²) in [4.78, 5) is 14.9. The van der Waals surface area contributed by atoms with Crippen LogP contribution in [0.2, 0.25) is 0 Å². The van der Waals surface area contributed by atoms with E-state index in [0.717, 1.165) is 35.6 Å². The number of carbonyl (C=O) groups is 1. The smallest absolute Gasteiger partial charge is 0.269 e. The van der Waals surface area contributed by atoms with Crippen LogP contribution in [0.15, 0.2) is 6.07 Å². The predicted octanol–water partition coefficient (Wildman–Crippen LogP) is 2.42. The largest absolute Gasteiger partial charge is 0.351 e. The minimum Gasteiger partial charge on any atom is -0.351 e. The first-order valence-electron chi connectivity index (χ1n) is 9.63. The minimum absolute atomic E-state index is 0.0983. The standard InChI is InChI=1S/C19H30N6O/c1-14-18(15(2)24(3)23-14)16-13-17(22-21-16)19(26)20-9-8-12-25-10-6-4-5-7-11-25/h13H,4-12H2,1-3H3,(H,20,26)(H,21,22). The van der Waals surface area contributed by atoms with E-state index in [1.165, 1.54) is 38.8 Å². The molecule has 26 heavy (non-hydrogen) atoms. The zero-order valence-corrected chi connectivity index (χ0v) is 16.1. The Morgan fingerprint density at radius 1 is 1.23 bits per heavy atom. The zero-order valence-electron chi connectivity index (χ0n) is 16.1. The first-order chi connectivity index (χ1) is 12.6. The molecule has 7 heteroatoms. The maximum atomic E-state index is 12.4. The number of amides is 1. The van der Waals surface area contributed by atoms with Crippen LogP contribution in [0, 0.1) is 13.8 Å². The number of aromatic amines is 1. The van der Waals surface area contributed by atoms with Gasteiger partial charge in [0.1, 0.15) is 5.69 Å². The summed E-state index contributed by atoms with van der Waals surface area (Å²) in [7, 11) is 1.91. The summed E-state index contributed by atoms with van der Waals surface area (Å²) in [5.74, 6) is -0.0983. The zero-order chi connectivity index (χ0) is 18.5. The third kappa shape index (κ3) is 4.33. The summed E-state index contributed by atoms with van der Waals surface area (Å²) in [6.45, 7) is 8.10. The van der Waals surface area contributed by atoms with Crippen LogP contribution in [-0.4, -0.2) is 57.0 Å². The summed E-state index contributed by atoms with van der Waals surface area (Å²) in [6.07, 6.45) is 6.29. The van der Waals surface area contributed by atoms with Gasteiger partial charge in [0.05, 0.1) is 11.4 Å². The molecule has 0 bridgehead atoms. The van der Waals surface area contributed by atoms with Gasteiger partial charge in [-0.3, -0.25) is 14.6 Å². The average Bonchev–Trinajstić information content (AvgIpc) is 3.07. The lowest BCUT2D eigenvalue weighted by Crippen LogP contribution is -2.30. The van der Waals surface area contributed by atoms with Crippen molar-refractivity contribution in [3.63, 3.8) is 0 Å². The molecule has 2 aromatic heterocycles. The molecular formula is C19H30N6O. The molecule has 3 heterocycles. The van der Waals surface area contributed by atoms with Gasteiger partial charge in [-0.25, -0.2) is 0 Å². The SMILES string of the molecule is Cc1nn(C)c(C)c1-c1cc(C(=O)NCCCN2CCCCCC2)[nH]n1. The Morgan fingerprint density at radius 2 is 1.96 bits per heavy atom. The van der Waals surface area contributed by atoms with Crippen LogP contribution in [0.1, 0.15) is 54.0 Å². The molecule has 3 rings (SSSR count). The lowest BCUT2D eigenvalue weighted by atomic mass is 10.1. The Morgan fingerprint density at radius 3 is 2.62 bits per heavy atom. The molecule has 2 N–H and O–H groups in total. The van der Waals surface area contributed by atoms with Crippen molar-refractivity contribution in [3.05, 3.63) is 23.1 Å². The lowest BCUT2D eigenvalue weighted by Gasteiger charge is -2.19. The van der Waals surface area contributed by atoms with Crippen LogP contribution in [0.3, 0.4) is 0 Å². The lowest BCUT2D eigenvalue weighted by molar-refractivity contribution is 0.0946. The van der Waals surface area contributed by atoms with Crippen molar-refractivity contribution >= 4 is 5.91 Å². The summed E-state index contributed by atoms with van der Waals surface area (Å²) in [5, 5.41) is 14.6. The molecule has 0 atom stereocenters. The van der Waals surface area contributed by atoms with Gasteiger partial charge in [-0.1, -0.05) is 12.8 Å². The van der Waals surface area contributed by atoms with Crippen LogP contribution in [0.25, 0.3) is 11.3 Å². The molecule has 0 aliphatic carbocycles. The highest BCUT2D eigenvalue weighted by molar-refractivity contribution is 5.93. The fourth-order valence-corrected chi connectivity index (χ4v) is 3.67. The number of aryl methyl sites for hydroxylation is 2. The normalized spacial score (nSPS) is 15.8.